The number of nitrogens with zero attached hydrogens (tertiary/aromatic N) is 1. The molecule has 0 spiro atoms. The summed E-state index contributed by atoms with van der Waals surface area (Å²) in [5, 5.41) is 0. The predicted molar refractivity (Wildman–Crippen MR) is 125 cm³/mol. The number of aryl methyl sites for hydroxylation is 1. The molecule has 1 N–H and O–H groups in total. The largest absolute Gasteiger partial charge is 0.462 e. The first-order chi connectivity index (χ1) is 16.2. The van der Waals surface area contributed by atoms with Gasteiger partial charge in [0.2, 0.25) is 11.8 Å². The zero-order valence-corrected chi connectivity index (χ0v) is 20.1. The molecule has 1 aliphatic heterocycles. The molecule has 1 saturated carbocycles. The van der Waals surface area contributed by atoms with Crippen LogP contribution in [0.1, 0.15) is 54.1 Å². The Morgan fingerprint density at radius 1 is 1.06 bits per heavy atom. The first-order valence-corrected chi connectivity index (χ1v) is 12.9. The fraction of sp³-hybridized carbons (Fsp3) is 0.400. The number of amides is 2. The Hall–Kier alpha value is -3.20. The lowest BCUT2D eigenvalue weighted by Crippen LogP contribution is -2.30. The minimum atomic E-state index is -3.99. The lowest BCUT2D eigenvalue weighted by molar-refractivity contribution is -0.140. The quantitative estimate of drug-likeness (QED) is 0.475. The molecule has 2 unspecified atom stereocenters. The summed E-state index contributed by atoms with van der Waals surface area (Å²) in [5.74, 6) is -1.35. The molecule has 0 aromatic heterocycles. The van der Waals surface area contributed by atoms with Crippen molar-refractivity contribution in [2.45, 2.75) is 51.0 Å². The molecule has 0 bridgehead atoms. The van der Waals surface area contributed by atoms with E-state index in [1.54, 1.807) is 44.2 Å². The lowest BCUT2D eigenvalue weighted by Gasteiger charge is -2.19. The van der Waals surface area contributed by atoms with Crippen LogP contribution in [0.15, 0.2) is 47.4 Å². The number of imide groups is 1. The van der Waals surface area contributed by atoms with Gasteiger partial charge in [-0.1, -0.05) is 31.0 Å². The maximum absolute atomic E-state index is 13.2. The summed E-state index contributed by atoms with van der Waals surface area (Å²) < 4.78 is 33.8. The molecule has 1 heterocycles. The van der Waals surface area contributed by atoms with Gasteiger partial charge in [-0.2, -0.15) is 0 Å². The number of likely N-dealkylation sites (tertiary alicyclic amines) is 1. The summed E-state index contributed by atoms with van der Waals surface area (Å²) in [6, 6.07) is 11.0. The topological polar surface area (TPSA) is 110 Å². The van der Waals surface area contributed by atoms with Crippen LogP contribution in [-0.4, -0.2) is 37.7 Å². The van der Waals surface area contributed by atoms with Crippen LogP contribution in [0.4, 0.5) is 5.69 Å². The van der Waals surface area contributed by atoms with Crippen molar-refractivity contribution in [3.63, 3.8) is 0 Å². The molecule has 2 fully saturated rings. The van der Waals surface area contributed by atoms with Crippen molar-refractivity contribution in [2.24, 2.45) is 11.8 Å². The third-order valence-electron chi connectivity index (χ3n) is 6.44. The standard InChI is InChI=1S/C25H28N2O6S/c1-3-33-25(30)18-7-6-8-19(14-18)26-34(31,32)22-13-17(12-11-16(22)2)15-27-23(28)20-9-4-5-10-21(20)24(27)29/h6-8,11-14,20-21,26H,3-5,9-10,15H2,1-2H3. The molecule has 1 saturated heterocycles. The van der Waals surface area contributed by atoms with Crippen LogP contribution in [0.25, 0.3) is 0 Å². The highest BCUT2D eigenvalue weighted by atomic mass is 32.2. The molecular formula is C25H28N2O6S. The average molecular weight is 485 g/mol. The number of hydrogen-bond acceptors (Lipinski definition) is 6. The SMILES string of the molecule is CCOC(=O)c1cccc(NS(=O)(=O)c2cc(CN3C(=O)C4CCCCC4C3=O)ccc2C)c1. The monoisotopic (exact) mass is 484 g/mol. The van der Waals surface area contributed by atoms with Gasteiger partial charge in [0.1, 0.15) is 0 Å². The van der Waals surface area contributed by atoms with E-state index in [1.165, 1.54) is 17.0 Å². The minimum absolute atomic E-state index is 0.0445. The Kier molecular flexibility index (Phi) is 6.74. The molecule has 2 aromatic rings. The van der Waals surface area contributed by atoms with E-state index in [4.69, 9.17) is 4.74 Å². The molecular weight excluding hydrogens is 456 g/mol. The number of rotatable bonds is 7. The highest BCUT2D eigenvalue weighted by Gasteiger charge is 2.47. The Balaban J connectivity index is 1.56. The molecule has 34 heavy (non-hydrogen) atoms. The number of sulfonamides is 1. The molecule has 4 rings (SSSR count). The Bertz CT molecular complexity index is 1220. The van der Waals surface area contributed by atoms with Gasteiger partial charge in [0.15, 0.2) is 0 Å². The van der Waals surface area contributed by atoms with Crippen LogP contribution >= 0.6 is 0 Å². The summed E-state index contributed by atoms with van der Waals surface area (Å²) in [6.07, 6.45) is 3.36. The van der Waals surface area contributed by atoms with E-state index in [0.717, 1.165) is 25.7 Å². The average Bonchev–Trinajstić information content (AvgIpc) is 3.05. The highest BCUT2D eigenvalue weighted by Crippen LogP contribution is 2.38. The summed E-state index contributed by atoms with van der Waals surface area (Å²) in [5.41, 5.74) is 1.54. The van der Waals surface area contributed by atoms with E-state index >= 15 is 0 Å². The van der Waals surface area contributed by atoms with Crippen molar-refractivity contribution >= 4 is 33.5 Å². The van der Waals surface area contributed by atoms with E-state index < -0.39 is 16.0 Å². The Morgan fingerprint density at radius 2 is 1.74 bits per heavy atom. The first kappa shape index (κ1) is 23.9. The summed E-state index contributed by atoms with van der Waals surface area (Å²) in [7, 11) is -3.99. The Morgan fingerprint density at radius 3 is 2.38 bits per heavy atom. The van der Waals surface area contributed by atoms with Crippen molar-refractivity contribution in [3.05, 3.63) is 59.2 Å². The number of nitrogens with one attached hydrogen (secondary N) is 1. The molecule has 2 atom stereocenters. The maximum atomic E-state index is 13.2. The zero-order valence-electron chi connectivity index (χ0n) is 19.2. The number of esters is 1. The third kappa shape index (κ3) is 4.70. The molecule has 1 aliphatic carbocycles. The zero-order chi connectivity index (χ0) is 24.5. The van der Waals surface area contributed by atoms with E-state index in [-0.39, 0.29) is 52.9 Å². The van der Waals surface area contributed by atoms with Crippen LogP contribution in [0.3, 0.4) is 0 Å². The number of benzene rings is 2. The third-order valence-corrected chi connectivity index (χ3v) is 7.96. The second-order valence-electron chi connectivity index (χ2n) is 8.77. The van der Waals surface area contributed by atoms with Crippen LogP contribution in [0.2, 0.25) is 0 Å². The van der Waals surface area contributed by atoms with Gasteiger partial charge in [0.05, 0.1) is 35.4 Å². The van der Waals surface area contributed by atoms with Gasteiger partial charge in [-0.3, -0.25) is 19.2 Å². The summed E-state index contributed by atoms with van der Waals surface area (Å²) in [4.78, 5) is 38.9. The number of fused-ring (bicyclic) bond motifs is 1. The first-order valence-electron chi connectivity index (χ1n) is 11.5. The second kappa shape index (κ2) is 9.58. The van der Waals surface area contributed by atoms with Crippen molar-refractivity contribution in [2.75, 3.05) is 11.3 Å². The molecule has 2 aliphatic rings. The maximum Gasteiger partial charge on any atom is 0.338 e. The van der Waals surface area contributed by atoms with Gasteiger partial charge in [-0.25, -0.2) is 13.2 Å². The fourth-order valence-electron chi connectivity index (χ4n) is 4.74. The van der Waals surface area contributed by atoms with Crippen LogP contribution in [0.5, 0.6) is 0 Å². The summed E-state index contributed by atoms with van der Waals surface area (Å²) >= 11 is 0. The second-order valence-corrected chi connectivity index (χ2v) is 10.4. The van der Waals surface area contributed by atoms with Crippen molar-refractivity contribution in [1.82, 2.24) is 4.90 Å². The number of ether oxygens (including phenoxy) is 1. The summed E-state index contributed by atoms with van der Waals surface area (Å²) in [6.45, 7) is 3.63. The van der Waals surface area contributed by atoms with Crippen molar-refractivity contribution < 1.29 is 27.5 Å². The van der Waals surface area contributed by atoms with Gasteiger partial charge in [0.25, 0.3) is 10.0 Å². The molecule has 8 nitrogen and oxygen atoms in total. The number of carbonyl (C=O) groups excluding carboxylic acids is 3. The molecule has 2 amide bonds. The van der Waals surface area contributed by atoms with Gasteiger partial charge in [-0.05, 0) is 62.1 Å². The highest BCUT2D eigenvalue weighted by molar-refractivity contribution is 7.92. The number of hydrogen-bond donors (Lipinski definition) is 1. The van der Waals surface area contributed by atoms with Crippen molar-refractivity contribution in [1.29, 1.82) is 0 Å². The van der Waals surface area contributed by atoms with Crippen molar-refractivity contribution in [3.8, 4) is 0 Å². The van der Waals surface area contributed by atoms with E-state index in [0.29, 0.717) is 11.1 Å². The van der Waals surface area contributed by atoms with Crippen LogP contribution in [0, 0.1) is 18.8 Å². The van der Waals surface area contributed by atoms with E-state index in [1.807, 2.05) is 0 Å². The minimum Gasteiger partial charge on any atom is -0.462 e. The van der Waals surface area contributed by atoms with Gasteiger partial charge >= 0.3 is 5.97 Å². The molecule has 180 valence electrons. The molecule has 9 heteroatoms. The van der Waals surface area contributed by atoms with Gasteiger partial charge < -0.3 is 4.74 Å². The van der Waals surface area contributed by atoms with E-state index in [9.17, 15) is 22.8 Å². The lowest BCUT2D eigenvalue weighted by atomic mass is 9.81. The predicted octanol–water partition coefficient (Wildman–Crippen LogP) is 3.65. The molecule has 0 radical (unpaired) electrons. The fourth-order valence-corrected chi connectivity index (χ4v) is 6.08. The van der Waals surface area contributed by atoms with Gasteiger partial charge in [0, 0.05) is 5.69 Å². The van der Waals surface area contributed by atoms with E-state index in [2.05, 4.69) is 4.72 Å². The normalized spacial score (nSPS) is 20.2. The van der Waals surface area contributed by atoms with Gasteiger partial charge in [-0.15, -0.1) is 0 Å². The number of carbonyl (C=O) groups is 3. The smallest absolute Gasteiger partial charge is 0.338 e. The Labute approximate surface area is 199 Å². The number of anilines is 1. The molecule has 2 aromatic carbocycles. The van der Waals surface area contributed by atoms with Crippen LogP contribution < -0.4 is 4.72 Å². The van der Waals surface area contributed by atoms with Crippen LogP contribution in [-0.2, 0) is 30.9 Å².